The molecule has 0 spiro atoms. The van der Waals surface area contributed by atoms with Gasteiger partial charge in [0, 0.05) is 0 Å². The van der Waals surface area contributed by atoms with Crippen LogP contribution in [0.1, 0.15) is 5.82 Å². The number of nitrogens with zero attached hydrogens (tertiary/aromatic N) is 3. The van der Waals surface area contributed by atoms with E-state index < -0.39 is 0 Å². The van der Waals surface area contributed by atoms with Crippen LogP contribution in [0.15, 0.2) is 12.3 Å². The lowest BCUT2D eigenvalue weighted by Crippen LogP contribution is -2.06. The first kappa shape index (κ1) is 7.17. The summed E-state index contributed by atoms with van der Waals surface area (Å²) in [4.78, 5) is 7.33. The van der Waals surface area contributed by atoms with E-state index in [-0.39, 0.29) is 0 Å². The quantitative estimate of drug-likeness (QED) is 0.657. The van der Waals surface area contributed by atoms with Crippen LogP contribution in [0.25, 0.3) is 11.2 Å². The summed E-state index contributed by atoms with van der Waals surface area (Å²) in [7, 11) is 1.87. The molecule has 0 aromatic carbocycles. The fourth-order valence-electron chi connectivity index (χ4n) is 1.07. The van der Waals surface area contributed by atoms with Crippen molar-refractivity contribution in [1.29, 1.82) is 0 Å². The molecule has 2 N–H and O–H groups in total. The van der Waals surface area contributed by atoms with Gasteiger partial charge in [0.25, 0.3) is 0 Å². The predicted octanol–water partition coefficient (Wildman–Crippen LogP) is 0.0723. The van der Waals surface area contributed by atoms with E-state index in [9.17, 15) is 0 Å². The van der Waals surface area contributed by atoms with E-state index in [0.29, 0.717) is 5.65 Å². The van der Waals surface area contributed by atoms with Gasteiger partial charge in [-0.2, -0.15) is 5.10 Å². The minimum atomic E-state index is 0.669. The smallest absolute Gasteiger partial charge is 0.199 e. The van der Waals surface area contributed by atoms with Crippen molar-refractivity contribution in [2.75, 3.05) is 7.05 Å². The molecule has 0 aliphatic carbocycles. The summed E-state index contributed by atoms with van der Waals surface area (Å²) in [6.07, 6.45) is 1.64. The molecule has 0 fully saturated rings. The number of H-pyrrole nitrogens is 1. The Labute approximate surface area is 69.2 Å². The topological polar surface area (TPSA) is 66.5 Å². The molecule has 62 valence electrons. The number of hydrogen-bond acceptors (Lipinski definition) is 4. The van der Waals surface area contributed by atoms with Gasteiger partial charge in [0.15, 0.2) is 5.65 Å². The third-order valence-corrected chi connectivity index (χ3v) is 1.57. The van der Waals surface area contributed by atoms with Crippen LogP contribution in [0, 0.1) is 0 Å². The van der Waals surface area contributed by atoms with Gasteiger partial charge in [-0.25, -0.2) is 4.98 Å². The molecule has 2 aromatic rings. The number of aromatic amines is 1. The average molecular weight is 163 g/mol. The van der Waals surface area contributed by atoms with Crippen LogP contribution >= 0.6 is 0 Å². The molecule has 0 aliphatic rings. The van der Waals surface area contributed by atoms with Crippen LogP contribution < -0.4 is 5.32 Å². The number of nitrogens with one attached hydrogen (secondary N) is 2. The number of imidazole rings is 1. The third kappa shape index (κ3) is 1.14. The Hall–Kier alpha value is -1.49. The molecular weight excluding hydrogens is 154 g/mol. The van der Waals surface area contributed by atoms with Crippen molar-refractivity contribution in [1.82, 2.24) is 25.5 Å². The minimum Gasteiger partial charge on any atom is -0.339 e. The van der Waals surface area contributed by atoms with E-state index in [2.05, 4.69) is 25.5 Å². The average Bonchev–Trinajstić information content (AvgIpc) is 2.47. The van der Waals surface area contributed by atoms with Crippen LogP contribution in [0.3, 0.4) is 0 Å². The lowest BCUT2D eigenvalue weighted by molar-refractivity contribution is 0.774. The molecular formula is C7H9N5. The van der Waals surface area contributed by atoms with Gasteiger partial charge in [-0.1, -0.05) is 0 Å². The number of fused-ring (bicyclic) bond motifs is 1. The fraction of sp³-hybridized carbons (Fsp3) is 0.286. The molecule has 5 heteroatoms. The second-order valence-electron chi connectivity index (χ2n) is 2.48. The van der Waals surface area contributed by atoms with Crippen molar-refractivity contribution in [3.63, 3.8) is 0 Å². The van der Waals surface area contributed by atoms with E-state index in [1.54, 1.807) is 6.20 Å². The lowest BCUT2D eigenvalue weighted by Gasteiger charge is -1.89. The van der Waals surface area contributed by atoms with Gasteiger partial charge in [-0.05, 0) is 13.1 Å². The highest BCUT2D eigenvalue weighted by Gasteiger charge is 2.00. The zero-order valence-electron chi connectivity index (χ0n) is 6.70. The van der Waals surface area contributed by atoms with Crippen molar-refractivity contribution in [3.8, 4) is 0 Å². The van der Waals surface area contributed by atoms with E-state index in [4.69, 9.17) is 0 Å². The standard InChI is InChI=1S/C7H9N5/c1-8-4-6-10-5-2-3-9-12-7(5)11-6/h2-3,8H,4H2,1H3,(H,10,11,12). The Morgan fingerprint density at radius 3 is 3.25 bits per heavy atom. The summed E-state index contributed by atoms with van der Waals surface area (Å²) >= 11 is 0. The molecule has 12 heavy (non-hydrogen) atoms. The van der Waals surface area contributed by atoms with Crippen molar-refractivity contribution in [3.05, 3.63) is 18.1 Å². The Balaban J connectivity index is 2.47. The van der Waals surface area contributed by atoms with Gasteiger partial charge in [0.2, 0.25) is 0 Å². The normalized spacial score (nSPS) is 10.8. The molecule has 2 heterocycles. The maximum Gasteiger partial charge on any atom is 0.199 e. The zero-order valence-corrected chi connectivity index (χ0v) is 6.70. The Bertz CT molecular complexity index is 347. The highest BCUT2D eigenvalue weighted by Crippen LogP contribution is 2.05. The van der Waals surface area contributed by atoms with Gasteiger partial charge < -0.3 is 10.3 Å². The highest BCUT2D eigenvalue weighted by atomic mass is 15.1. The molecule has 2 rings (SSSR count). The summed E-state index contributed by atoms with van der Waals surface area (Å²) in [5.74, 6) is 0.882. The molecule has 5 nitrogen and oxygen atoms in total. The molecule has 0 radical (unpaired) electrons. The summed E-state index contributed by atoms with van der Waals surface area (Å²) < 4.78 is 0. The maximum atomic E-state index is 4.21. The summed E-state index contributed by atoms with van der Waals surface area (Å²) in [5, 5.41) is 10.6. The second-order valence-corrected chi connectivity index (χ2v) is 2.48. The minimum absolute atomic E-state index is 0.669. The van der Waals surface area contributed by atoms with Crippen LogP contribution in [0.4, 0.5) is 0 Å². The van der Waals surface area contributed by atoms with Gasteiger partial charge in [0.05, 0.1) is 18.3 Å². The summed E-state index contributed by atoms with van der Waals surface area (Å²) in [5.41, 5.74) is 1.60. The van der Waals surface area contributed by atoms with Crippen LogP contribution in [-0.4, -0.2) is 27.2 Å². The molecule has 0 atom stereocenters. The van der Waals surface area contributed by atoms with Crippen molar-refractivity contribution < 1.29 is 0 Å². The third-order valence-electron chi connectivity index (χ3n) is 1.57. The number of hydrogen-bond donors (Lipinski definition) is 2. The lowest BCUT2D eigenvalue weighted by atomic mass is 10.5. The second kappa shape index (κ2) is 2.86. The molecule has 0 saturated heterocycles. The van der Waals surface area contributed by atoms with Crippen molar-refractivity contribution in [2.45, 2.75) is 6.54 Å². The maximum absolute atomic E-state index is 4.21. The number of aromatic nitrogens is 4. The zero-order chi connectivity index (χ0) is 8.39. The molecule has 2 aromatic heterocycles. The van der Waals surface area contributed by atoms with E-state index in [1.807, 2.05) is 13.1 Å². The largest absolute Gasteiger partial charge is 0.339 e. The predicted molar refractivity (Wildman–Crippen MR) is 44.4 cm³/mol. The van der Waals surface area contributed by atoms with E-state index in [1.165, 1.54) is 0 Å². The van der Waals surface area contributed by atoms with E-state index >= 15 is 0 Å². The fourth-order valence-corrected chi connectivity index (χ4v) is 1.07. The van der Waals surface area contributed by atoms with E-state index in [0.717, 1.165) is 17.9 Å². The molecule has 0 unspecified atom stereocenters. The SMILES string of the molecule is CNCc1nc2nnccc2[nH]1. The first-order valence-corrected chi connectivity index (χ1v) is 3.71. The van der Waals surface area contributed by atoms with Crippen LogP contribution in [0.2, 0.25) is 0 Å². The van der Waals surface area contributed by atoms with Crippen molar-refractivity contribution >= 4 is 11.2 Å². The summed E-state index contributed by atoms with van der Waals surface area (Å²) in [6, 6.07) is 1.86. The van der Waals surface area contributed by atoms with Crippen molar-refractivity contribution in [2.24, 2.45) is 0 Å². The molecule has 0 aliphatic heterocycles. The number of rotatable bonds is 2. The van der Waals surface area contributed by atoms with Gasteiger partial charge in [-0.15, -0.1) is 5.10 Å². The molecule has 0 saturated carbocycles. The van der Waals surface area contributed by atoms with Crippen LogP contribution in [0.5, 0.6) is 0 Å². The molecule has 0 amide bonds. The highest BCUT2D eigenvalue weighted by molar-refractivity contribution is 5.68. The monoisotopic (exact) mass is 163 g/mol. The summed E-state index contributed by atoms with van der Waals surface area (Å²) in [6.45, 7) is 0.719. The first-order valence-electron chi connectivity index (χ1n) is 3.71. The van der Waals surface area contributed by atoms with Gasteiger partial charge in [-0.3, -0.25) is 0 Å². The van der Waals surface area contributed by atoms with Crippen LogP contribution in [-0.2, 0) is 6.54 Å². The molecule has 0 bridgehead atoms. The Morgan fingerprint density at radius 1 is 1.58 bits per heavy atom. The van der Waals surface area contributed by atoms with Gasteiger partial charge in [0.1, 0.15) is 5.82 Å². The Kier molecular flexibility index (Phi) is 1.71. The first-order chi connectivity index (χ1) is 5.90. The van der Waals surface area contributed by atoms with Gasteiger partial charge >= 0.3 is 0 Å². The Morgan fingerprint density at radius 2 is 2.50 bits per heavy atom.